The van der Waals surface area contributed by atoms with Crippen LogP contribution in [0.25, 0.3) is 6.08 Å². The summed E-state index contributed by atoms with van der Waals surface area (Å²) in [4.78, 5) is 12.6. The van der Waals surface area contributed by atoms with Crippen molar-refractivity contribution in [3.63, 3.8) is 0 Å². The van der Waals surface area contributed by atoms with Crippen LogP contribution in [0.4, 0.5) is 5.69 Å². The number of amides is 1. The van der Waals surface area contributed by atoms with Gasteiger partial charge in [0.2, 0.25) is 0 Å². The van der Waals surface area contributed by atoms with Crippen molar-refractivity contribution in [1.82, 2.24) is 0 Å². The maximum Gasteiger partial charge on any atom is 0.266 e. The predicted octanol–water partition coefficient (Wildman–Crippen LogP) is 7.24. The molecule has 0 aliphatic heterocycles. The van der Waals surface area contributed by atoms with Crippen molar-refractivity contribution < 1.29 is 14.3 Å². The normalized spacial score (nSPS) is 11.0. The number of hydrogen-bond acceptors (Lipinski definition) is 4. The number of hydrogen-bond donors (Lipinski definition) is 1. The van der Waals surface area contributed by atoms with Crippen LogP contribution in [0, 0.1) is 25.2 Å². The van der Waals surface area contributed by atoms with Crippen LogP contribution < -0.4 is 14.8 Å². The van der Waals surface area contributed by atoms with Crippen molar-refractivity contribution in [2.24, 2.45) is 0 Å². The molecule has 0 unspecified atom stereocenters. The molecule has 0 atom stereocenters. The molecule has 0 aliphatic carbocycles. The van der Waals surface area contributed by atoms with Gasteiger partial charge in [0.05, 0.1) is 11.1 Å². The lowest BCUT2D eigenvalue weighted by atomic mass is 10.1. The Labute approximate surface area is 213 Å². The molecule has 0 bridgehead atoms. The van der Waals surface area contributed by atoms with E-state index in [1.807, 2.05) is 19.1 Å². The smallest absolute Gasteiger partial charge is 0.266 e. The first-order chi connectivity index (χ1) is 16.3. The molecule has 34 heavy (non-hydrogen) atoms. The largest absolute Gasteiger partial charge is 0.490 e. The summed E-state index contributed by atoms with van der Waals surface area (Å²) in [6.45, 7) is 6.82. The Morgan fingerprint density at radius 3 is 2.59 bits per heavy atom. The van der Waals surface area contributed by atoms with E-state index in [2.05, 4.69) is 47.2 Å². The topological polar surface area (TPSA) is 71.3 Å². The van der Waals surface area contributed by atoms with E-state index in [4.69, 9.17) is 21.1 Å². The SMILES string of the molecule is CCOc1cc(/C=C(\C#N)C(=O)Nc2cccc(Cl)c2)cc(Br)c1OCc1ccc(C)c(C)c1. The minimum atomic E-state index is -0.533. The van der Waals surface area contributed by atoms with Crippen molar-refractivity contribution >= 4 is 45.2 Å². The minimum Gasteiger partial charge on any atom is -0.490 e. The summed E-state index contributed by atoms with van der Waals surface area (Å²) in [6.07, 6.45) is 1.50. The first-order valence-electron chi connectivity index (χ1n) is 10.6. The maximum absolute atomic E-state index is 12.6. The van der Waals surface area contributed by atoms with E-state index in [1.54, 1.807) is 36.4 Å². The number of nitrogens with one attached hydrogen (secondary N) is 1. The molecule has 5 nitrogen and oxygen atoms in total. The molecule has 7 heteroatoms. The second-order valence-corrected chi connectivity index (χ2v) is 8.90. The number of carbonyl (C=O) groups excluding carboxylic acids is 1. The van der Waals surface area contributed by atoms with Gasteiger partial charge in [0.1, 0.15) is 18.2 Å². The number of rotatable bonds is 8. The monoisotopic (exact) mass is 538 g/mol. The van der Waals surface area contributed by atoms with Crippen molar-refractivity contribution in [3.05, 3.63) is 91.9 Å². The third kappa shape index (κ3) is 6.63. The highest BCUT2D eigenvalue weighted by molar-refractivity contribution is 9.10. The van der Waals surface area contributed by atoms with E-state index in [9.17, 15) is 10.1 Å². The number of halogens is 2. The van der Waals surface area contributed by atoms with Gasteiger partial charge in [0.15, 0.2) is 11.5 Å². The molecule has 0 spiro atoms. The molecule has 0 aliphatic rings. The van der Waals surface area contributed by atoms with Gasteiger partial charge in [-0.25, -0.2) is 0 Å². The van der Waals surface area contributed by atoms with E-state index < -0.39 is 5.91 Å². The van der Waals surface area contributed by atoms with Gasteiger partial charge in [-0.15, -0.1) is 0 Å². The molecule has 0 saturated carbocycles. The number of nitrogens with zero attached hydrogens (tertiary/aromatic N) is 1. The maximum atomic E-state index is 12.6. The summed E-state index contributed by atoms with van der Waals surface area (Å²) in [5, 5.41) is 12.7. The molecule has 0 fully saturated rings. The second kappa shape index (κ2) is 11.7. The van der Waals surface area contributed by atoms with Crippen LogP contribution in [0.2, 0.25) is 5.02 Å². The zero-order valence-corrected chi connectivity index (χ0v) is 21.5. The lowest BCUT2D eigenvalue weighted by Crippen LogP contribution is -2.13. The summed E-state index contributed by atoms with van der Waals surface area (Å²) < 4.78 is 12.5. The van der Waals surface area contributed by atoms with Gasteiger partial charge in [0.25, 0.3) is 5.91 Å². The van der Waals surface area contributed by atoms with Gasteiger partial charge in [-0.1, -0.05) is 35.9 Å². The Bertz CT molecular complexity index is 1280. The Morgan fingerprint density at radius 1 is 1.12 bits per heavy atom. The molecule has 3 rings (SSSR count). The molecule has 0 radical (unpaired) electrons. The molecule has 1 N–H and O–H groups in total. The van der Waals surface area contributed by atoms with E-state index in [1.165, 1.54) is 17.2 Å². The Hall–Kier alpha value is -3.27. The van der Waals surface area contributed by atoms with E-state index in [0.717, 1.165) is 5.56 Å². The summed E-state index contributed by atoms with van der Waals surface area (Å²) >= 11 is 9.51. The lowest BCUT2D eigenvalue weighted by Gasteiger charge is -2.15. The third-order valence-electron chi connectivity index (χ3n) is 5.04. The number of ether oxygens (including phenoxy) is 2. The highest BCUT2D eigenvalue weighted by Crippen LogP contribution is 2.38. The molecule has 0 heterocycles. The molecule has 3 aromatic carbocycles. The number of nitriles is 1. The fourth-order valence-corrected chi connectivity index (χ4v) is 3.97. The van der Waals surface area contributed by atoms with Crippen molar-refractivity contribution in [2.75, 3.05) is 11.9 Å². The molecule has 1 amide bonds. The van der Waals surface area contributed by atoms with Crippen LogP contribution in [-0.2, 0) is 11.4 Å². The van der Waals surface area contributed by atoms with Crippen molar-refractivity contribution in [2.45, 2.75) is 27.4 Å². The zero-order chi connectivity index (χ0) is 24.7. The van der Waals surface area contributed by atoms with E-state index in [-0.39, 0.29) is 5.57 Å². The average Bonchev–Trinajstić information content (AvgIpc) is 2.79. The standard InChI is InChI=1S/C27H24BrClN2O3/c1-4-33-25-13-20(11-21(15-30)27(32)31-23-7-5-6-22(29)14-23)12-24(28)26(25)34-16-19-9-8-17(2)18(3)10-19/h5-14H,4,16H2,1-3H3,(H,31,32)/b21-11+. The van der Waals surface area contributed by atoms with Crippen LogP contribution in [0.15, 0.2) is 64.6 Å². The molecule has 0 saturated heterocycles. The summed E-state index contributed by atoms with van der Waals surface area (Å²) in [5.74, 6) is 0.535. The number of carbonyl (C=O) groups is 1. The molecule has 0 aromatic heterocycles. The Kier molecular flexibility index (Phi) is 8.75. The first kappa shape index (κ1) is 25.4. The van der Waals surface area contributed by atoms with Crippen LogP contribution in [0.1, 0.15) is 29.2 Å². The van der Waals surface area contributed by atoms with Crippen LogP contribution in [-0.4, -0.2) is 12.5 Å². The Morgan fingerprint density at radius 2 is 1.91 bits per heavy atom. The van der Waals surface area contributed by atoms with Gasteiger partial charge < -0.3 is 14.8 Å². The fourth-order valence-electron chi connectivity index (χ4n) is 3.20. The summed E-state index contributed by atoms with van der Waals surface area (Å²) in [7, 11) is 0. The van der Waals surface area contributed by atoms with Gasteiger partial charge in [-0.05, 0) is 95.4 Å². The Balaban J connectivity index is 1.85. The van der Waals surface area contributed by atoms with Gasteiger partial charge >= 0.3 is 0 Å². The fraction of sp³-hybridized carbons (Fsp3) is 0.185. The summed E-state index contributed by atoms with van der Waals surface area (Å²) in [6, 6.07) is 18.4. The van der Waals surface area contributed by atoms with Crippen LogP contribution >= 0.6 is 27.5 Å². The highest BCUT2D eigenvalue weighted by atomic mass is 79.9. The van der Waals surface area contributed by atoms with Crippen molar-refractivity contribution in [1.29, 1.82) is 5.26 Å². The number of anilines is 1. The molecule has 3 aromatic rings. The third-order valence-corrected chi connectivity index (χ3v) is 5.87. The van der Waals surface area contributed by atoms with Gasteiger partial charge in [-0.3, -0.25) is 4.79 Å². The van der Waals surface area contributed by atoms with Crippen LogP contribution in [0.3, 0.4) is 0 Å². The quantitative estimate of drug-likeness (QED) is 0.242. The molecule has 174 valence electrons. The van der Waals surface area contributed by atoms with Gasteiger partial charge in [-0.2, -0.15) is 5.26 Å². The van der Waals surface area contributed by atoms with E-state index in [0.29, 0.717) is 45.5 Å². The summed E-state index contributed by atoms with van der Waals surface area (Å²) in [5.41, 5.74) is 4.54. The van der Waals surface area contributed by atoms with Crippen molar-refractivity contribution in [3.8, 4) is 17.6 Å². The molecular formula is C27H24BrClN2O3. The number of benzene rings is 3. The van der Waals surface area contributed by atoms with E-state index >= 15 is 0 Å². The zero-order valence-electron chi connectivity index (χ0n) is 19.1. The van der Waals surface area contributed by atoms with Crippen LogP contribution in [0.5, 0.6) is 11.5 Å². The predicted molar refractivity (Wildman–Crippen MR) is 139 cm³/mol. The first-order valence-corrected chi connectivity index (χ1v) is 11.8. The molecular weight excluding hydrogens is 516 g/mol. The lowest BCUT2D eigenvalue weighted by molar-refractivity contribution is -0.112. The average molecular weight is 540 g/mol. The minimum absolute atomic E-state index is 0.0573. The number of aryl methyl sites for hydroxylation is 2. The second-order valence-electron chi connectivity index (χ2n) is 7.60. The highest BCUT2D eigenvalue weighted by Gasteiger charge is 2.15. The van der Waals surface area contributed by atoms with Gasteiger partial charge in [0, 0.05) is 10.7 Å².